The minimum absolute atomic E-state index is 0.579. The Kier molecular flexibility index (Phi) is 13.0. The second-order valence-electron chi connectivity index (χ2n) is 23.6. The minimum atomic E-state index is 0.579. The molecule has 0 aliphatic rings. The summed E-state index contributed by atoms with van der Waals surface area (Å²) in [7, 11) is 0. The number of para-hydroxylation sites is 4. The van der Waals surface area contributed by atoms with Gasteiger partial charge in [0.2, 0.25) is 5.95 Å². The van der Waals surface area contributed by atoms with E-state index in [0.29, 0.717) is 17.6 Å². The molecule has 19 aromatic rings. The fraction of sp³-hybridized carbons (Fsp3) is 0. The van der Waals surface area contributed by atoms with E-state index in [4.69, 9.17) is 24.9 Å². The van der Waals surface area contributed by atoms with Gasteiger partial charge in [0.25, 0.3) is 0 Å². The molecule has 440 valence electrons. The third-order valence-corrected chi connectivity index (χ3v) is 18.2. The summed E-state index contributed by atoms with van der Waals surface area (Å²) in [4.78, 5) is 24.8. The Morgan fingerprint density at radius 1 is 0.213 bits per heavy atom. The fourth-order valence-corrected chi connectivity index (χ4v) is 14.1. The van der Waals surface area contributed by atoms with Gasteiger partial charge in [0.1, 0.15) is 11.3 Å². The highest BCUT2D eigenvalue weighted by molar-refractivity contribution is 6.18. The number of nitrogens with zero attached hydrogens (tertiary/aromatic N) is 9. The zero-order valence-electron chi connectivity index (χ0n) is 50.8. The van der Waals surface area contributed by atoms with Gasteiger partial charge in [-0.05, 0) is 143 Å². The van der Waals surface area contributed by atoms with Crippen molar-refractivity contribution in [2.75, 3.05) is 0 Å². The highest BCUT2D eigenvalue weighted by Crippen LogP contribution is 2.43. The predicted octanol–water partition coefficient (Wildman–Crippen LogP) is 21.1. The zero-order valence-corrected chi connectivity index (χ0v) is 50.8. The summed E-state index contributed by atoms with van der Waals surface area (Å²) in [5.74, 6) is 1.84. The van der Waals surface area contributed by atoms with Crippen molar-refractivity contribution < 1.29 is 0 Å². The van der Waals surface area contributed by atoms with Crippen LogP contribution >= 0.6 is 0 Å². The first-order chi connectivity index (χ1) is 46.7. The largest absolute Gasteiger partial charge is 0.309 e. The Balaban J connectivity index is 0.000000139. The van der Waals surface area contributed by atoms with Gasteiger partial charge in [-0.15, -0.1) is 0 Å². The van der Waals surface area contributed by atoms with Crippen LogP contribution in [0, 0.1) is 0 Å². The predicted molar refractivity (Wildman–Crippen MR) is 386 cm³/mol. The van der Waals surface area contributed by atoms with Gasteiger partial charge in [-0.2, -0.15) is 9.97 Å². The summed E-state index contributed by atoms with van der Waals surface area (Å²) in [6.45, 7) is 0. The number of hydrogen-bond donors (Lipinski definition) is 0. The van der Waals surface area contributed by atoms with Crippen LogP contribution in [0.3, 0.4) is 0 Å². The van der Waals surface area contributed by atoms with Gasteiger partial charge in [0.05, 0.1) is 33.1 Å². The quantitative estimate of drug-likeness (QED) is 0.144. The Morgan fingerprint density at radius 2 is 0.574 bits per heavy atom. The lowest BCUT2D eigenvalue weighted by Gasteiger charge is -2.11. The van der Waals surface area contributed by atoms with E-state index >= 15 is 0 Å². The molecule has 0 atom stereocenters. The summed E-state index contributed by atoms with van der Waals surface area (Å²) in [6.07, 6.45) is 3.75. The molecule has 19 rings (SSSR count). The van der Waals surface area contributed by atoms with Crippen molar-refractivity contribution in [1.29, 1.82) is 0 Å². The molecule has 9 nitrogen and oxygen atoms in total. The lowest BCUT2D eigenvalue weighted by Crippen LogP contribution is -2.06. The molecule has 94 heavy (non-hydrogen) atoms. The number of benzene rings is 12. The molecular formula is C85H55N9. The van der Waals surface area contributed by atoms with Crippen LogP contribution < -0.4 is 0 Å². The molecule has 0 aliphatic heterocycles. The molecule has 0 aliphatic carbocycles. The maximum absolute atomic E-state index is 5.09. The molecule has 0 spiro atoms. The number of aromatic nitrogens is 9. The Hall–Kier alpha value is -12.9. The van der Waals surface area contributed by atoms with E-state index in [9.17, 15) is 0 Å². The van der Waals surface area contributed by atoms with E-state index in [1.54, 1.807) is 0 Å². The Labute approximate surface area is 540 Å². The van der Waals surface area contributed by atoms with Crippen molar-refractivity contribution in [1.82, 2.24) is 43.2 Å². The van der Waals surface area contributed by atoms with E-state index in [1.807, 2.05) is 91.3 Å². The number of hydrogen-bond acceptors (Lipinski definition) is 5. The first-order valence-corrected chi connectivity index (χ1v) is 31.6. The SMILES string of the molecule is c1ccc(-c2ccc(-n3c4ccccc4c4cc(-c5cccc6c5c5cccnc5n6-c5ccccc5)ccc43)cc2)cc1.c1ccc(-c2nc(-c3ccccc3)nc(-n3c4ccccc4c4cc(-c5cccc6c5c5cccnc5n6-c5ccccc5)ccc43)n2)cc1. The molecular weight excluding hydrogens is 1150 g/mol. The van der Waals surface area contributed by atoms with Gasteiger partial charge < -0.3 is 4.57 Å². The van der Waals surface area contributed by atoms with Crippen molar-refractivity contribution >= 4 is 87.5 Å². The van der Waals surface area contributed by atoms with Gasteiger partial charge in [-0.3, -0.25) is 13.7 Å². The van der Waals surface area contributed by atoms with Gasteiger partial charge >= 0.3 is 0 Å². The molecule has 0 saturated carbocycles. The topological polar surface area (TPSA) is 84.2 Å². The van der Waals surface area contributed by atoms with E-state index < -0.39 is 0 Å². The van der Waals surface area contributed by atoms with Crippen LogP contribution in [-0.2, 0) is 0 Å². The molecule has 7 aromatic heterocycles. The number of fused-ring (bicyclic) bond motifs is 12. The number of rotatable bonds is 9. The average molecular weight is 1200 g/mol. The van der Waals surface area contributed by atoms with Crippen LogP contribution in [0.1, 0.15) is 0 Å². The van der Waals surface area contributed by atoms with Crippen LogP contribution in [0.5, 0.6) is 0 Å². The maximum Gasteiger partial charge on any atom is 0.238 e. The van der Waals surface area contributed by atoms with E-state index in [-0.39, 0.29) is 0 Å². The standard InChI is InChI=1S/C44H28N6.C41H27N3/c1-4-14-29(15-5-1)41-46-42(30-16-6-2-7-17-30)48-44(47-41)50-37-23-11-10-20-34(37)36-28-31(25-26-38(36)50)33-21-12-24-39-40(33)35-22-13-27-45-43(35)49(39)32-18-8-3-9-19-32;1-3-11-28(12-4-1)29-20-23-32(24-21-29)43-37-18-8-7-15-34(37)36-27-30(22-25-38(36)43)33-16-9-19-39-40(33)35-17-10-26-42-41(35)44(39)31-13-5-2-6-14-31/h1-28H;1-27H. The summed E-state index contributed by atoms with van der Waals surface area (Å²) in [5.41, 5.74) is 21.0. The van der Waals surface area contributed by atoms with Crippen molar-refractivity contribution in [3.8, 4) is 79.2 Å². The van der Waals surface area contributed by atoms with Crippen LogP contribution in [0.2, 0.25) is 0 Å². The molecule has 7 heterocycles. The molecule has 0 radical (unpaired) electrons. The molecule has 12 aromatic carbocycles. The summed E-state index contributed by atoms with van der Waals surface area (Å²) < 4.78 is 9.08. The lowest BCUT2D eigenvalue weighted by molar-refractivity contribution is 0.953. The van der Waals surface area contributed by atoms with Crippen molar-refractivity contribution in [2.45, 2.75) is 0 Å². The zero-order chi connectivity index (χ0) is 62.1. The fourth-order valence-electron chi connectivity index (χ4n) is 14.1. The monoisotopic (exact) mass is 1200 g/mol. The van der Waals surface area contributed by atoms with Crippen molar-refractivity contribution in [3.63, 3.8) is 0 Å². The first kappa shape index (κ1) is 54.1. The minimum Gasteiger partial charge on any atom is -0.309 e. The molecule has 0 amide bonds. The molecule has 0 saturated heterocycles. The highest BCUT2D eigenvalue weighted by atomic mass is 15.2. The molecule has 9 heteroatoms. The van der Waals surface area contributed by atoms with Gasteiger partial charge in [0.15, 0.2) is 11.6 Å². The van der Waals surface area contributed by atoms with Gasteiger partial charge in [-0.25, -0.2) is 15.0 Å². The Bertz CT molecular complexity index is 6020. The van der Waals surface area contributed by atoms with Crippen LogP contribution in [0.15, 0.2) is 334 Å². The van der Waals surface area contributed by atoms with E-state index in [2.05, 4.69) is 261 Å². The third-order valence-electron chi connectivity index (χ3n) is 18.2. The van der Waals surface area contributed by atoms with E-state index in [0.717, 1.165) is 94.2 Å². The lowest BCUT2D eigenvalue weighted by atomic mass is 9.98. The average Bonchev–Trinajstić information content (AvgIpc) is 1.60. The highest BCUT2D eigenvalue weighted by Gasteiger charge is 2.23. The maximum atomic E-state index is 5.09. The van der Waals surface area contributed by atoms with Gasteiger partial charge in [-0.1, -0.05) is 212 Å². The Morgan fingerprint density at radius 3 is 1.06 bits per heavy atom. The van der Waals surface area contributed by atoms with Crippen LogP contribution in [0.4, 0.5) is 0 Å². The molecule has 0 N–H and O–H groups in total. The normalized spacial score (nSPS) is 11.6. The summed E-state index contributed by atoms with van der Waals surface area (Å²) >= 11 is 0. The molecule has 0 bridgehead atoms. The van der Waals surface area contributed by atoms with Crippen LogP contribution in [-0.4, -0.2) is 43.2 Å². The summed E-state index contributed by atoms with van der Waals surface area (Å²) in [5, 5.41) is 9.43. The number of pyridine rings is 2. The van der Waals surface area contributed by atoms with Gasteiger partial charge in [0, 0.05) is 83.7 Å². The van der Waals surface area contributed by atoms with Crippen molar-refractivity contribution in [2.24, 2.45) is 0 Å². The van der Waals surface area contributed by atoms with Crippen molar-refractivity contribution in [3.05, 3.63) is 334 Å². The molecule has 0 fully saturated rings. The molecule has 0 unspecified atom stereocenters. The second-order valence-corrected chi connectivity index (χ2v) is 23.6. The summed E-state index contributed by atoms with van der Waals surface area (Å²) in [6, 6.07) is 113. The van der Waals surface area contributed by atoms with Crippen LogP contribution in [0.25, 0.3) is 167 Å². The first-order valence-electron chi connectivity index (χ1n) is 31.6. The second kappa shape index (κ2) is 22.6. The third kappa shape index (κ3) is 9.05. The van der Waals surface area contributed by atoms with E-state index in [1.165, 1.54) is 54.8 Å². The smallest absolute Gasteiger partial charge is 0.238 e.